The molecule has 4 aromatic rings. The number of amides is 1. The van der Waals surface area contributed by atoms with Crippen LogP contribution in [0, 0.1) is 6.92 Å². The smallest absolute Gasteiger partial charge is 0.264 e. The van der Waals surface area contributed by atoms with Gasteiger partial charge in [-0.3, -0.25) is 9.10 Å². The first-order valence-electron chi connectivity index (χ1n) is 12.5. The largest absolute Gasteiger partial charge is 0.361 e. The molecule has 0 spiro atoms. The Balaban J connectivity index is 1.65. The Morgan fingerprint density at radius 1 is 0.919 bits per heavy atom. The summed E-state index contributed by atoms with van der Waals surface area (Å²) >= 11 is 0. The number of nitrogens with zero attached hydrogens (tertiary/aromatic N) is 2. The third-order valence-electron chi connectivity index (χ3n) is 6.68. The van der Waals surface area contributed by atoms with Crippen LogP contribution in [0.4, 0.5) is 5.69 Å². The molecule has 0 fully saturated rings. The zero-order chi connectivity index (χ0) is 26.8. The van der Waals surface area contributed by atoms with Gasteiger partial charge < -0.3 is 9.88 Å². The normalized spacial score (nSPS) is 12.0. The quantitative estimate of drug-likeness (QED) is 0.311. The van der Waals surface area contributed by atoms with Crippen LogP contribution in [0.1, 0.15) is 44.4 Å². The first kappa shape index (κ1) is 26.5. The van der Waals surface area contributed by atoms with Crippen molar-refractivity contribution in [3.05, 3.63) is 95.7 Å². The maximum Gasteiger partial charge on any atom is 0.264 e. The lowest BCUT2D eigenvalue weighted by Crippen LogP contribution is -2.42. The molecule has 7 heteroatoms. The highest BCUT2D eigenvalue weighted by Gasteiger charge is 2.29. The number of carbonyl (C=O) groups excluding carboxylic acids is 1. The number of aromatic nitrogens is 1. The van der Waals surface area contributed by atoms with Gasteiger partial charge in [0.25, 0.3) is 10.0 Å². The third kappa shape index (κ3) is 5.72. The molecule has 0 aliphatic heterocycles. The van der Waals surface area contributed by atoms with E-state index in [9.17, 15) is 13.2 Å². The summed E-state index contributed by atoms with van der Waals surface area (Å²) in [5.41, 5.74) is 4.41. The molecule has 0 aliphatic carbocycles. The van der Waals surface area contributed by atoms with Gasteiger partial charge in [-0.25, -0.2) is 8.42 Å². The van der Waals surface area contributed by atoms with Crippen molar-refractivity contribution in [2.45, 2.75) is 51.5 Å². The Bertz CT molecular complexity index is 1480. The minimum absolute atomic E-state index is 0.0983. The molecule has 194 valence electrons. The van der Waals surface area contributed by atoms with Gasteiger partial charge in [0, 0.05) is 30.2 Å². The number of sulfonamides is 1. The molecule has 1 heterocycles. The van der Waals surface area contributed by atoms with Crippen LogP contribution in [-0.4, -0.2) is 37.3 Å². The molecule has 0 radical (unpaired) electrons. The van der Waals surface area contributed by atoms with E-state index in [-0.39, 0.29) is 22.8 Å². The molecular weight excluding hydrogens is 482 g/mol. The topological polar surface area (TPSA) is 73.5 Å². The van der Waals surface area contributed by atoms with Crippen LogP contribution in [0.2, 0.25) is 0 Å². The van der Waals surface area contributed by atoms with Gasteiger partial charge in [0.2, 0.25) is 5.91 Å². The molecule has 0 aliphatic rings. The van der Waals surface area contributed by atoms with Gasteiger partial charge in [-0.1, -0.05) is 68.8 Å². The second kappa shape index (κ2) is 10.4. The summed E-state index contributed by atoms with van der Waals surface area (Å²) < 4.78 is 29.0. The summed E-state index contributed by atoms with van der Waals surface area (Å²) in [4.78, 5) is 18.7. The molecule has 0 unspecified atom stereocenters. The average Bonchev–Trinajstić information content (AvgIpc) is 3.28. The van der Waals surface area contributed by atoms with Crippen molar-refractivity contribution in [2.24, 2.45) is 0 Å². The summed E-state index contributed by atoms with van der Waals surface area (Å²) in [6.45, 7) is 10.7. The SMILES string of the molecule is CCN(Cc1c[nH]c2ccccc12)C(=O)CN(c1ccc(C)cc1)S(=O)(=O)c1ccc(C(C)(C)C)cc1. The lowest BCUT2D eigenvalue weighted by molar-refractivity contribution is -0.129. The number of rotatable bonds is 8. The number of benzene rings is 3. The van der Waals surface area contributed by atoms with Gasteiger partial charge in [-0.2, -0.15) is 0 Å². The molecule has 6 nitrogen and oxygen atoms in total. The molecule has 0 saturated carbocycles. The number of carbonyl (C=O) groups is 1. The van der Waals surface area contributed by atoms with Crippen molar-refractivity contribution < 1.29 is 13.2 Å². The summed E-state index contributed by atoms with van der Waals surface area (Å²) in [6, 6.07) is 22.1. The van der Waals surface area contributed by atoms with E-state index in [1.807, 2.05) is 68.6 Å². The fourth-order valence-electron chi connectivity index (χ4n) is 4.35. The highest BCUT2D eigenvalue weighted by Crippen LogP contribution is 2.28. The Morgan fingerprint density at radius 2 is 1.57 bits per heavy atom. The van der Waals surface area contributed by atoms with Crippen LogP contribution in [0.25, 0.3) is 10.9 Å². The van der Waals surface area contributed by atoms with Crippen LogP contribution in [-0.2, 0) is 26.8 Å². The molecule has 0 saturated heterocycles. The van der Waals surface area contributed by atoms with E-state index in [0.717, 1.165) is 27.6 Å². The first-order chi connectivity index (χ1) is 17.5. The number of H-pyrrole nitrogens is 1. The van der Waals surface area contributed by atoms with E-state index < -0.39 is 10.0 Å². The van der Waals surface area contributed by atoms with Crippen molar-refractivity contribution in [2.75, 3.05) is 17.4 Å². The number of aryl methyl sites for hydroxylation is 1. The van der Waals surface area contributed by atoms with Gasteiger partial charge in [-0.05, 0) is 60.7 Å². The van der Waals surface area contributed by atoms with Crippen molar-refractivity contribution in [3.63, 3.8) is 0 Å². The van der Waals surface area contributed by atoms with E-state index >= 15 is 0 Å². The molecule has 37 heavy (non-hydrogen) atoms. The zero-order valence-corrected chi connectivity index (χ0v) is 23.0. The second-order valence-electron chi connectivity index (χ2n) is 10.4. The van der Waals surface area contributed by atoms with E-state index in [4.69, 9.17) is 0 Å². The number of likely N-dealkylation sites (N-methyl/N-ethyl adjacent to an activating group) is 1. The summed E-state index contributed by atoms with van der Waals surface area (Å²) in [7, 11) is -3.98. The predicted octanol–water partition coefficient (Wildman–Crippen LogP) is 6.02. The van der Waals surface area contributed by atoms with E-state index in [1.165, 1.54) is 4.31 Å². The number of nitrogens with one attached hydrogen (secondary N) is 1. The number of para-hydroxylation sites is 1. The average molecular weight is 518 g/mol. The Kier molecular flexibility index (Phi) is 7.46. The highest BCUT2D eigenvalue weighted by atomic mass is 32.2. The monoisotopic (exact) mass is 517 g/mol. The molecule has 4 rings (SSSR count). The molecular formula is C30H35N3O3S. The van der Waals surface area contributed by atoms with Gasteiger partial charge in [-0.15, -0.1) is 0 Å². The van der Waals surface area contributed by atoms with Crippen LogP contribution in [0.3, 0.4) is 0 Å². The minimum Gasteiger partial charge on any atom is -0.361 e. The number of aromatic amines is 1. The standard InChI is InChI=1S/C30H35N3O3S/c1-6-32(20-23-19-31-28-10-8-7-9-27(23)28)29(34)21-33(25-15-11-22(2)12-16-25)37(35,36)26-17-13-24(14-18-26)30(3,4)5/h7-19,31H,6,20-21H2,1-5H3. The minimum atomic E-state index is -3.98. The fraction of sp³-hybridized carbons (Fsp3) is 0.300. The Morgan fingerprint density at radius 3 is 2.19 bits per heavy atom. The fourth-order valence-corrected chi connectivity index (χ4v) is 5.76. The number of anilines is 1. The van der Waals surface area contributed by atoms with Crippen LogP contribution >= 0.6 is 0 Å². The highest BCUT2D eigenvalue weighted by molar-refractivity contribution is 7.92. The van der Waals surface area contributed by atoms with E-state index in [1.54, 1.807) is 29.2 Å². The van der Waals surface area contributed by atoms with Crippen LogP contribution in [0.15, 0.2) is 83.9 Å². The van der Waals surface area contributed by atoms with E-state index in [0.29, 0.717) is 18.8 Å². The molecule has 1 N–H and O–H groups in total. The lowest BCUT2D eigenvalue weighted by atomic mass is 9.87. The first-order valence-corrected chi connectivity index (χ1v) is 14.0. The van der Waals surface area contributed by atoms with Crippen molar-refractivity contribution in [3.8, 4) is 0 Å². The maximum atomic E-state index is 13.9. The molecule has 0 atom stereocenters. The van der Waals surface area contributed by atoms with Crippen LogP contribution < -0.4 is 4.31 Å². The van der Waals surface area contributed by atoms with Crippen LogP contribution in [0.5, 0.6) is 0 Å². The number of fused-ring (bicyclic) bond motifs is 1. The zero-order valence-electron chi connectivity index (χ0n) is 22.2. The number of hydrogen-bond donors (Lipinski definition) is 1. The van der Waals surface area contributed by atoms with Crippen molar-refractivity contribution in [1.82, 2.24) is 9.88 Å². The van der Waals surface area contributed by atoms with Crippen molar-refractivity contribution in [1.29, 1.82) is 0 Å². The van der Waals surface area contributed by atoms with E-state index in [2.05, 4.69) is 25.8 Å². The Labute approximate surface area is 220 Å². The Hall–Kier alpha value is -3.58. The maximum absolute atomic E-state index is 13.9. The summed E-state index contributed by atoms with van der Waals surface area (Å²) in [5.74, 6) is -0.261. The molecule has 0 bridgehead atoms. The number of hydrogen-bond acceptors (Lipinski definition) is 3. The summed E-state index contributed by atoms with van der Waals surface area (Å²) in [6.07, 6.45) is 1.91. The predicted molar refractivity (Wildman–Crippen MR) is 150 cm³/mol. The van der Waals surface area contributed by atoms with Gasteiger partial charge in [0.1, 0.15) is 6.54 Å². The van der Waals surface area contributed by atoms with Gasteiger partial charge >= 0.3 is 0 Å². The second-order valence-corrected chi connectivity index (χ2v) is 12.3. The van der Waals surface area contributed by atoms with Gasteiger partial charge in [0.15, 0.2) is 0 Å². The molecule has 1 aromatic heterocycles. The van der Waals surface area contributed by atoms with Crippen molar-refractivity contribution >= 4 is 32.5 Å². The lowest BCUT2D eigenvalue weighted by Gasteiger charge is -2.28. The summed E-state index contributed by atoms with van der Waals surface area (Å²) in [5, 5.41) is 1.05. The molecule has 1 amide bonds. The third-order valence-corrected chi connectivity index (χ3v) is 8.47. The molecule has 3 aromatic carbocycles. The van der Waals surface area contributed by atoms with Gasteiger partial charge in [0.05, 0.1) is 10.6 Å².